The molecular formula is C16H28N2O5. The number of rotatable bonds is 0. The lowest BCUT2D eigenvalue weighted by atomic mass is 9.87. The van der Waals surface area contributed by atoms with Crippen molar-refractivity contribution >= 4 is 12.2 Å². The number of carbonyl (C=O) groups excluding carboxylic acids is 2. The minimum Gasteiger partial charge on any atom is -0.444 e. The van der Waals surface area contributed by atoms with Crippen molar-refractivity contribution in [1.29, 1.82) is 0 Å². The molecule has 0 aliphatic carbocycles. The van der Waals surface area contributed by atoms with Gasteiger partial charge in [0.25, 0.3) is 0 Å². The van der Waals surface area contributed by atoms with Crippen LogP contribution in [0.2, 0.25) is 0 Å². The van der Waals surface area contributed by atoms with Gasteiger partial charge < -0.3 is 19.5 Å². The van der Waals surface area contributed by atoms with Gasteiger partial charge in [0, 0.05) is 19.5 Å². The van der Waals surface area contributed by atoms with E-state index in [2.05, 4.69) is 0 Å². The Morgan fingerprint density at radius 1 is 1.00 bits per heavy atom. The maximum absolute atomic E-state index is 12.4. The van der Waals surface area contributed by atoms with Crippen LogP contribution < -0.4 is 0 Å². The lowest BCUT2D eigenvalue weighted by Crippen LogP contribution is -2.70. The molecule has 7 nitrogen and oxygen atoms in total. The summed E-state index contributed by atoms with van der Waals surface area (Å²) in [7, 11) is 0. The van der Waals surface area contributed by atoms with Crippen molar-refractivity contribution in [2.45, 2.75) is 70.8 Å². The molecule has 2 aliphatic rings. The van der Waals surface area contributed by atoms with Crippen LogP contribution in [0.5, 0.6) is 0 Å². The van der Waals surface area contributed by atoms with Crippen LogP contribution in [-0.2, 0) is 9.47 Å². The average Bonchev–Trinajstić information content (AvgIpc) is 2.60. The Balaban J connectivity index is 2.02. The Morgan fingerprint density at radius 2 is 1.48 bits per heavy atom. The zero-order valence-corrected chi connectivity index (χ0v) is 14.9. The van der Waals surface area contributed by atoms with Crippen molar-refractivity contribution < 1.29 is 24.2 Å². The number of likely N-dealkylation sites (tertiary alicyclic amines) is 2. The van der Waals surface area contributed by atoms with E-state index in [1.165, 1.54) is 0 Å². The van der Waals surface area contributed by atoms with Crippen molar-refractivity contribution in [1.82, 2.24) is 9.80 Å². The fourth-order valence-electron chi connectivity index (χ4n) is 3.02. The summed E-state index contributed by atoms with van der Waals surface area (Å²) in [4.78, 5) is 27.6. The Labute approximate surface area is 137 Å². The molecule has 0 radical (unpaired) electrons. The largest absolute Gasteiger partial charge is 0.444 e. The number of ether oxygens (including phenoxy) is 2. The van der Waals surface area contributed by atoms with Gasteiger partial charge in [0.2, 0.25) is 0 Å². The number of nitrogens with zero attached hydrogens (tertiary/aromatic N) is 2. The van der Waals surface area contributed by atoms with Gasteiger partial charge in [0.15, 0.2) is 0 Å². The minimum absolute atomic E-state index is 0.233. The van der Waals surface area contributed by atoms with Crippen LogP contribution in [0.1, 0.15) is 48.0 Å². The molecule has 132 valence electrons. The van der Waals surface area contributed by atoms with Crippen LogP contribution in [0.25, 0.3) is 0 Å². The van der Waals surface area contributed by atoms with Crippen molar-refractivity contribution in [2.24, 2.45) is 0 Å². The lowest BCUT2D eigenvalue weighted by Gasteiger charge is -2.51. The average molecular weight is 328 g/mol. The van der Waals surface area contributed by atoms with Crippen LogP contribution in [0.15, 0.2) is 0 Å². The topological polar surface area (TPSA) is 79.3 Å². The fourth-order valence-corrected chi connectivity index (χ4v) is 3.02. The van der Waals surface area contributed by atoms with Gasteiger partial charge in [0.1, 0.15) is 11.2 Å². The molecular weight excluding hydrogens is 300 g/mol. The number of β-amino-alcohol motifs (C(OH)–C–C–N with tert-alkyl or cyclic N) is 1. The summed E-state index contributed by atoms with van der Waals surface area (Å²) in [6.45, 7) is 11.8. The quantitative estimate of drug-likeness (QED) is 0.735. The SMILES string of the molecule is CC(C)(C)OC(=O)N1CC2(CC(O)CN2C(=O)OC(C)(C)C)C1. The first-order valence-electron chi connectivity index (χ1n) is 7.98. The molecule has 0 aromatic carbocycles. The summed E-state index contributed by atoms with van der Waals surface area (Å²) in [5.41, 5.74) is -1.70. The third-order valence-electron chi connectivity index (χ3n) is 3.82. The second kappa shape index (κ2) is 5.54. The van der Waals surface area contributed by atoms with Crippen molar-refractivity contribution in [3.8, 4) is 0 Å². The molecule has 7 heteroatoms. The minimum atomic E-state index is -0.597. The summed E-state index contributed by atoms with van der Waals surface area (Å²) in [6.07, 6.45) is -0.985. The highest BCUT2D eigenvalue weighted by Gasteiger charge is 2.57. The van der Waals surface area contributed by atoms with Crippen LogP contribution >= 0.6 is 0 Å². The maximum atomic E-state index is 12.4. The zero-order valence-electron chi connectivity index (χ0n) is 14.9. The van der Waals surface area contributed by atoms with E-state index in [-0.39, 0.29) is 6.54 Å². The van der Waals surface area contributed by atoms with Gasteiger partial charge in [-0.2, -0.15) is 0 Å². The number of aliphatic hydroxyl groups excluding tert-OH is 1. The van der Waals surface area contributed by atoms with Gasteiger partial charge in [0.05, 0.1) is 18.2 Å². The Hall–Kier alpha value is -1.50. The predicted molar refractivity (Wildman–Crippen MR) is 84.1 cm³/mol. The summed E-state index contributed by atoms with van der Waals surface area (Å²) >= 11 is 0. The van der Waals surface area contributed by atoms with E-state index in [0.29, 0.717) is 19.5 Å². The molecule has 23 heavy (non-hydrogen) atoms. The number of hydrogen-bond acceptors (Lipinski definition) is 5. The summed E-state index contributed by atoms with van der Waals surface area (Å²) in [6, 6.07) is 0. The van der Waals surface area contributed by atoms with E-state index < -0.39 is 35.0 Å². The zero-order chi connectivity index (χ0) is 17.6. The van der Waals surface area contributed by atoms with Gasteiger partial charge in [-0.1, -0.05) is 0 Å². The second-order valence-electron chi connectivity index (χ2n) is 8.51. The molecule has 0 aromatic heterocycles. The van der Waals surface area contributed by atoms with Crippen molar-refractivity contribution in [3.05, 3.63) is 0 Å². The van der Waals surface area contributed by atoms with E-state index in [1.54, 1.807) is 30.6 Å². The molecule has 2 heterocycles. The normalized spacial score (nSPS) is 23.7. The van der Waals surface area contributed by atoms with E-state index in [1.807, 2.05) is 20.8 Å². The Kier molecular flexibility index (Phi) is 4.30. The Bertz CT molecular complexity index is 486. The summed E-state index contributed by atoms with van der Waals surface area (Å²) < 4.78 is 10.8. The molecule has 2 aliphatic heterocycles. The second-order valence-corrected chi connectivity index (χ2v) is 8.51. The highest BCUT2D eigenvalue weighted by molar-refractivity contribution is 5.73. The smallest absolute Gasteiger partial charge is 0.410 e. The lowest BCUT2D eigenvalue weighted by molar-refractivity contribution is -0.0563. The monoisotopic (exact) mass is 328 g/mol. The molecule has 1 N–H and O–H groups in total. The third-order valence-corrected chi connectivity index (χ3v) is 3.82. The fraction of sp³-hybridized carbons (Fsp3) is 0.875. The van der Waals surface area contributed by atoms with E-state index in [9.17, 15) is 14.7 Å². The molecule has 1 atom stereocenters. The van der Waals surface area contributed by atoms with Gasteiger partial charge in [-0.15, -0.1) is 0 Å². The van der Waals surface area contributed by atoms with Crippen LogP contribution in [0.4, 0.5) is 9.59 Å². The standard InChI is InChI=1S/C16H28N2O5/c1-14(2,3)22-12(20)17-9-16(10-17)7-11(19)8-18(16)13(21)23-15(4,5)6/h11,19H,7-10H2,1-6H3. The molecule has 2 fully saturated rings. The van der Waals surface area contributed by atoms with Crippen LogP contribution in [0.3, 0.4) is 0 Å². The number of hydrogen-bond donors (Lipinski definition) is 1. The molecule has 0 aromatic rings. The molecule has 0 bridgehead atoms. The van der Waals surface area contributed by atoms with Gasteiger partial charge >= 0.3 is 12.2 Å². The first kappa shape index (κ1) is 17.8. The van der Waals surface area contributed by atoms with Gasteiger partial charge in [-0.3, -0.25) is 4.90 Å². The number of amides is 2. The van der Waals surface area contributed by atoms with E-state index in [4.69, 9.17) is 9.47 Å². The third kappa shape index (κ3) is 4.07. The van der Waals surface area contributed by atoms with Crippen LogP contribution in [0, 0.1) is 0 Å². The van der Waals surface area contributed by atoms with Crippen molar-refractivity contribution in [3.63, 3.8) is 0 Å². The maximum Gasteiger partial charge on any atom is 0.410 e. The molecule has 2 amide bonds. The summed E-state index contributed by atoms with van der Waals surface area (Å²) in [5, 5.41) is 9.97. The van der Waals surface area contributed by atoms with E-state index in [0.717, 1.165) is 0 Å². The molecule has 1 spiro atoms. The highest BCUT2D eigenvalue weighted by atomic mass is 16.6. The van der Waals surface area contributed by atoms with Gasteiger partial charge in [-0.25, -0.2) is 9.59 Å². The number of aliphatic hydroxyl groups is 1. The predicted octanol–water partition coefficient (Wildman–Crippen LogP) is 1.98. The van der Waals surface area contributed by atoms with Crippen LogP contribution in [-0.4, -0.2) is 69.6 Å². The van der Waals surface area contributed by atoms with E-state index >= 15 is 0 Å². The van der Waals surface area contributed by atoms with Crippen molar-refractivity contribution in [2.75, 3.05) is 19.6 Å². The highest BCUT2D eigenvalue weighted by Crippen LogP contribution is 2.39. The van der Waals surface area contributed by atoms with Gasteiger partial charge in [-0.05, 0) is 41.5 Å². The molecule has 2 saturated heterocycles. The summed E-state index contributed by atoms with van der Waals surface area (Å²) in [5.74, 6) is 0. The molecule has 2 rings (SSSR count). The first-order chi connectivity index (χ1) is 10.3. The Morgan fingerprint density at radius 3 is 1.96 bits per heavy atom. The number of carbonyl (C=O) groups is 2. The molecule has 0 saturated carbocycles. The first-order valence-corrected chi connectivity index (χ1v) is 7.98. The molecule has 1 unspecified atom stereocenters.